The summed E-state index contributed by atoms with van der Waals surface area (Å²) in [5.41, 5.74) is 6.84. The molecular formula is C14H14N4OS2. The number of carbonyl (C=O) groups excluding carboxylic acids is 1. The van der Waals surface area contributed by atoms with Crippen molar-refractivity contribution in [1.82, 2.24) is 9.97 Å². The van der Waals surface area contributed by atoms with Gasteiger partial charge in [-0.15, -0.1) is 22.7 Å². The first-order chi connectivity index (χ1) is 10.2. The quantitative estimate of drug-likeness (QED) is 0.731. The first-order valence-corrected chi connectivity index (χ1v) is 8.21. The molecule has 3 aromatic rings. The lowest BCUT2D eigenvalue weighted by molar-refractivity contribution is 0.103. The van der Waals surface area contributed by atoms with Gasteiger partial charge in [-0.3, -0.25) is 4.79 Å². The molecule has 0 amide bonds. The van der Waals surface area contributed by atoms with Crippen molar-refractivity contribution in [2.75, 3.05) is 25.0 Å². The third kappa shape index (κ3) is 2.67. The van der Waals surface area contributed by atoms with Crippen LogP contribution in [0.25, 0.3) is 10.2 Å². The second-order valence-corrected chi connectivity index (χ2v) is 6.39. The molecule has 7 heteroatoms. The van der Waals surface area contributed by atoms with E-state index in [1.165, 1.54) is 22.7 Å². The highest BCUT2D eigenvalue weighted by atomic mass is 32.1. The van der Waals surface area contributed by atoms with Crippen LogP contribution in [0.1, 0.15) is 15.4 Å². The highest BCUT2D eigenvalue weighted by molar-refractivity contribution is 7.17. The monoisotopic (exact) mass is 318 g/mol. The first-order valence-electron chi connectivity index (χ1n) is 6.45. The molecule has 0 radical (unpaired) electrons. The molecule has 108 valence electrons. The van der Waals surface area contributed by atoms with Crippen LogP contribution in [0.4, 0.5) is 5.95 Å². The lowest BCUT2D eigenvalue weighted by atomic mass is 10.2. The zero-order chi connectivity index (χ0) is 14.8. The second-order valence-electron chi connectivity index (χ2n) is 4.52. The summed E-state index contributed by atoms with van der Waals surface area (Å²) >= 11 is 2.91. The average molecular weight is 318 g/mol. The predicted octanol–water partition coefficient (Wildman–Crippen LogP) is 2.38. The number of carbonyl (C=O) groups is 1. The number of aromatic nitrogens is 2. The smallest absolute Gasteiger partial charge is 0.226 e. The Morgan fingerprint density at radius 1 is 1.29 bits per heavy atom. The van der Waals surface area contributed by atoms with E-state index in [1.54, 1.807) is 0 Å². The van der Waals surface area contributed by atoms with Crippen LogP contribution < -0.4 is 10.6 Å². The van der Waals surface area contributed by atoms with Crippen LogP contribution in [0.15, 0.2) is 29.0 Å². The molecule has 21 heavy (non-hydrogen) atoms. The van der Waals surface area contributed by atoms with Crippen LogP contribution >= 0.6 is 22.7 Å². The van der Waals surface area contributed by atoms with Crippen molar-refractivity contribution in [1.29, 1.82) is 0 Å². The fraction of sp³-hybridized carbons (Fsp3) is 0.214. The van der Waals surface area contributed by atoms with Crippen LogP contribution in [-0.4, -0.2) is 35.9 Å². The number of fused-ring (bicyclic) bond motifs is 1. The van der Waals surface area contributed by atoms with E-state index in [1.807, 2.05) is 40.9 Å². The van der Waals surface area contributed by atoms with E-state index in [9.17, 15) is 4.79 Å². The summed E-state index contributed by atoms with van der Waals surface area (Å²) in [4.78, 5) is 24.2. The molecule has 3 heterocycles. The topological polar surface area (TPSA) is 72.1 Å². The van der Waals surface area contributed by atoms with Gasteiger partial charge >= 0.3 is 0 Å². The van der Waals surface area contributed by atoms with E-state index >= 15 is 0 Å². The fourth-order valence-electron chi connectivity index (χ4n) is 1.99. The zero-order valence-electron chi connectivity index (χ0n) is 11.4. The van der Waals surface area contributed by atoms with E-state index in [0.717, 1.165) is 10.2 Å². The molecule has 0 unspecified atom stereocenters. The highest BCUT2D eigenvalue weighted by Gasteiger charge is 2.19. The number of nitrogens with zero attached hydrogens (tertiary/aromatic N) is 3. The maximum absolute atomic E-state index is 12.6. The number of anilines is 1. The molecule has 0 aliphatic heterocycles. The zero-order valence-corrected chi connectivity index (χ0v) is 13.1. The molecule has 0 atom stereocenters. The van der Waals surface area contributed by atoms with E-state index in [0.29, 0.717) is 29.6 Å². The maximum atomic E-state index is 12.6. The van der Waals surface area contributed by atoms with Crippen molar-refractivity contribution < 1.29 is 4.79 Å². The van der Waals surface area contributed by atoms with E-state index in [-0.39, 0.29) is 5.78 Å². The van der Waals surface area contributed by atoms with E-state index in [4.69, 9.17) is 5.73 Å². The lowest BCUT2D eigenvalue weighted by Crippen LogP contribution is -2.27. The molecule has 0 aliphatic carbocycles. The number of rotatable bonds is 5. The summed E-state index contributed by atoms with van der Waals surface area (Å²) in [6.07, 6.45) is 0. The third-order valence-electron chi connectivity index (χ3n) is 3.06. The van der Waals surface area contributed by atoms with Gasteiger partial charge in [0.1, 0.15) is 5.69 Å². The summed E-state index contributed by atoms with van der Waals surface area (Å²) in [5, 5.41) is 3.82. The van der Waals surface area contributed by atoms with Crippen LogP contribution in [0.3, 0.4) is 0 Å². The Kier molecular flexibility index (Phi) is 3.96. The van der Waals surface area contributed by atoms with Gasteiger partial charge in [-0.1, -0.05) is 6.07 Å². The number of thiophene rings is 2. The Morgan fingerprint density at radius 3 is 2.86 bits per heavy atom. The molecule has 0 aromatic carbocycles. The normalized spacial score (nSPS) is 11.0. The summed E-state index contributed by atoms with van der Waals surface area (Å²) in [5.74, 6) is 0.480. The van der Waals surface area contributed by atoms with E-state index in [2.05, 4.69) is 9.97 Å². The SMILES string of the molecule is CN(CCN)c1nc(C(=O)c2cccs2)c2sccc2n1. The Labute approximate surface area is 130 Å². The number of nitrogens with two attached hydrogens (primary N) is 1. The van der Waals surface area contributed by atoms with Gasteiger partial charge in [0.05, 0.1) is 15.1 Å². The molecule has 0 spiro atoms. The van der Waals surface area contributed by atoms with Crippen LogP contribution in [0, 0.1) is 0 Å². The number of hydrogen-bond acceptors (Lipinski definition) is 7. The van der Waals surface area contributed by atoms with Gasteiger partial charge in [0.25, 0.3) is 0 Å². The molecule has 0 fully saturated rings. The molecule has 0 saturated carbocycles. The third-order valence-corrected chi connectivity index (χ3v) is 4.84. The largest absolute Gasteiger partial charge is 0.343 e. The van der Waals surface area contributed by atoms with Crippen molar-refractivity contribution in [3.05, 3.63) is 39.5 Å². The van der Waals surface area contributed by atoms with Gasteiger partial charge in [-0.2, -0.15) is 0 Å². The van der Waals surface area contributed by atoms with Gasteiger partial charge in [0.15, 0.2) is 0 Å². The predicted molar refractivity (Wildman–Crippen MR) is 87.5 cm³/mol. The van der Waals surface area contributed by atoms with Gasteiger partial charge in [0, 0.05) is 20.1 Å². The molecule has 5 nitrogen and oxygen atoms in total. The number of ketones is 1. The first kappa shape index (κ1) is 14.1. The summed E-state index contributed by atoms with van der Waals surface area (Å²) in [6, 6.07) is 5.59. The lowest BCUT2D eigenvalue weighted by Gasteiger charge is -2.16. The molecule has 0 aliphatic rings. The van der Waals surface area contributed by atoms with Gasteiger partial charge in [-0.05, 0) is 22.9 Å². The minimum atomic E-state index is -0.0535. The second kappa shape index (κ2) is 5.88. The molecule has 0 saturated heterocycles. The van der Waals surface area contributed by atoms with Crippen LogP contribution in [-0.2, 0) is 0 Å². The van der Waals surface area contributed by atoms with Crippen LogP contribution in [0.2, 0.25) is 0 Å². The maximum Gasteiger partial charge on any atom is 0.226 e. The van der Waals surface area contributed by atoms with Gasteiger partial charge in [0.2, 0.25) is 11.7 Å². The molecule has 2 N–H and O–H groups in total. The van der Waals surface area contributed by atoms with Crippen molar-refractivity contribution in [3.8, 4) is 0 Å². The minimum Gasteiger partial charge on any atom is -0.343 e. The fourth-order valence-corrected chi connectivity index (χ4v) is 3.48. The molecular weight excluding hydrogens is 304 g/mol. The Bertz CT molecular complexity index is 766. The van der Waals surface area contributed by atoms with Crippen molar-refractivity contribution in [3.63, 3.8) is 0 Å². The molecule has 0 bridgehead atoms. The number of hydrogen-bond donors (Lipinski definition) is 1. The van der Waals surface area contributed by atoms with Crippen molar-refractivity contribution in [2.45, 2.75) is 0 Å². The van der Waals surface area contributed by atoms with Crippen LogP contribution in [0.5, 0.6) is 0 Å². The summed E-state index contributed by atoms with van der Waals surface area (Å²) < 4.78 is 0.832. The van der Waals surface area contributed by atoms with E-state index < -0.39 is 0 Å². The molecule has 3 aromatic heterocycles. The van der Waals surface area contributed by atoms with Gasteiger partial charge in [-0.25, -0.2) is 9.97 Å². The Balaban J connectivity index is 2.11. The average Bonchev–Trinajstić information content (AvgIpc) is 3.16. The molecule has 3 rings (SSSR count). The van der Waals surface area contributed by atoms with Crippen molar-refractivity contribution in [2.24, 2.45) is 5.73 Å². The summed E-state index contributed by atoms with van der Waals surface area (Å²) in [7, 11) is 1.87. The minimum absolute atomic E-state index is 0.0535. The Morgan fingerprint density at radius 2 is 2.14 bits per heavy atom. The van der Waals surface area contributed by atoms with Gasteiger partial charge < -0.3 is 10.6 Å². The highest BCUT2D eigenvalue weighted by Crippen LogP contribution is 2.27. The standard InChI is InChI=1S/C14H14N4OS2/c1-18(6-5-15)14-16-9-4-8-21-13(9)11(17-14)12(19)10-3-2-7-20-10/h2-4,7-8H,5-6,15H2,1H3. The number of likely N-dealkylation sites (N-methyl/N-ethyl adjacent to an activating group) is 1. The Hall–Kier alpha value is -1.83. The van der Waals surface area contributed by atoms with Crippen molar-refractivity contribution >= 4 is 44.6 Å². The summed E-state index contributed by atoms with van der Waals surface area (Å²) in [6.45, 7) is 1.15.